The fraction of sp³-hybridized carbons (Fsp3) is 0.0690. The maximum absolute atomic E-state index is 12.8. The van der Waals surface area contributed by atoms with Gasteiger partial charge in [0.25, 0.3) is 5.91 Å². The molecule has 35 heavy (non-hydrogen) atoms. The summed E-state index contributed by atoms with van der Waals surface area (Å²) in [4.78, 5) is 22.3. The quantitative estimate of drug-likeness (QED) is 0.250. The smallest absolute Gasteiger partial charge is 0.255 e. The van der Waals surface area contributed by atoms with E-state index in [2.05, 4.69) is 15.6 Å². The number of nitrogens with one attached hydrogen (secondary N) is 2. The van der Waals surface area contributed by atoms with E-state index < -0.39 is 0 Å². The van der Waals surface area contributed by atoms with Gasteiger partial charge in [-0.15, -0.1) is 11.6 Å². The molecular weight excluding hydrogens is 456 g/mol. The summed E-state index contributed by atoms with van der Waals surface area (Å²) in [6.45, 7) is 1.95. The second-order valence-electron chi connectivity index (χ2n) is 8.22. The number of carbonyl (C=O) groups excluding carboxylic acids is 1. The van der Waals surface area contributed by atoms with Crippen LogP contribution >= 0.6 is 11.6 Å². The van der Waals surface area contributed by atoms with Crippen molar-refractivity contribution in [3.8, 4) is 11.3 Å². The average molecular weight is 479 g/mol. The lowest BCUT2D eigenvalue weighted by atomic mass is 10.1. The highest BCUT2D eigenvalue weighted by atomic mass is 35.5. The lowest BCUT2D eigenvalue weighted by molar-refractivity contribution is 0.102. The first-order valence-corrected chi connectivity index (χ1v) is 11.8. The Labute approximate surface area is 208 Å². The van der Waals surface area contributed by atoms with E-state index in [4.69, 9.17) is 16.6 Å². The van der Waals surface area contributed by atoms with Gasteiger partial charge >= 0.3 is 0 Å². The van der Waals surface area contributed by atoms with Crippen molar-refractivity contribution in [3.63, 3.8) is 0 Å². The van der Waals surface area contributed by atoms with Crippen molar-refractivity contribution in [2.45, 2.75) is 12.8 Å². The van der Waals surface area contributed by atoms with Gasteiger partial charge in [-0.2, -0.15) is 0 Å². The predicted octanol–water partition coefficient (Wildman–Crippen LogP) is 7.34. The van der Waals surface area contributed by atoms with Crippen LogP contribution in [0.2, 0.25) is 0 Å². The Morgan fingerprint density at radius 3 is 2.37 bits per heavy atom. The van der Waals surface area contributed by atoms with Crippen LogP contribution in [0, 0.1) is 6.92 Å². The van der Waals surface area contributed by atoms with Crippen LogP contribution in [0.15, 0.2) is 97.1 Å². The maximum atomic E-state index is 12.8. The third kappa shape index (κ3) is 5.00. The molecule has 0 spiro atoms. The van der Waals surface area contributed by atoms with Crippen LogP contribution < -0.4 is 10.6 Å². The molecule has 5 rings (SSSR count). The minimum atomic E-state index is -0.181. The van der Waals surface area contributed by atoms with Crippen molar-refractivity contribution in [2.75, 3.05) is 10.6 Å². The lowest BCUT2D eigenvalue weighted by Crippen LogP contribution is -2.13. The van der Waals surface area contributed by atoms with Crippen LogP contribution in [0.3, 0.4) is 0 Å². The van der Waals surface area contributed by atoms with Gasteiger partial charge in [-0.1, -0.05) is 60.7 Å². The van der Waals surface area contributed by atoms with E-state index in [1.807, 2.05) is 91.9 Å². The number of hydrogen-bond acceptors (Lipinski definition) is 4. The number of rotatable bonds is 6. The van der Waals surface area contributed by atoms with Gasteiger partial charge in [-0.25, -0.2) is 9.97 Å². The summed E-state index contributed by atoms with van der Waals surface area (Å²) in [5.41, 5.74) is 6.78. The summed E-state index contributed by atoms with van der Waals surface area (Å²) in [5, 5.41) is 7.24. The number of aromatic nitrogens is 2. The van der Waals surface area contributed by atoms with Crippen LogP contribution in [0.25, 0.3) is 22.2 Å². The van der Waals surface area contributed by atoms with Gasteiger partial charge in [-0.3, -0.25) is 4.79 Å². The molecule has 0 saturated carbocycles. The van der Waals surface area contributed by atoms with Crippen molar-refractivity contribution in [1.82, 2.24) is 9.97 Å². The Balaban J connectivity index is 1.38. The number of halogens is 1. The van der Waals surface area contributed by atoms with Gasteiger partial charge in [0.05, 0.1) is 11.2 Å². The fourth-order valence-electron chi connectivity index (χ4n) is 3.86. The van der Waals surface area contributed by atoms with E-state index >= 15 is 0 Å². The third-order valence-corrected chi connectivity index (χ3v) is 6.07. The number of aryl methyl sites for hydroxylation is 1. The number of amides is 1. The largest absolute Gasteiger partial charge is 0.324 e. The van der Waals surface area contributed by atoms with Crippen molar-refractivity contribution in [2.24, 2.45) is 0 Å². The summed E-state index contributed by atoms with van der Waals surface area (Å²) < 4.78 is 0. The molecule has 6 heteroatoms. The molecule has 0 saturated heterocycles. The van der Waals surface area contributed by atoms with Crippen LogP contribution in [0.1, 0.15) is 21.5 Å². The predicted molar refractivity (Wildman–Crippen MR) is 143 cm³/mol. The van der Waals surface area contributed by atoms with E-state index in [-0.39, 0.29) is 5.91 Å². The van der Waals surface area contributed by atoms with E-state index in [1.165, 1.54) is 0 Å². The fourth-order valence-corrected chi connectivity index (χ4v) is 4.03. The molecule has 0 aliphatic rings. The van der Waals surface area contributed by atoms with Crippen molar-refractivity contribution < 1.29 is 4.79 Å². The van der Waals surface area contributed by atoms with Crippen LogP contribution in [0.4, 0.5) is 17.3 Å². The molecular formula is C29H23ClN4O. The molecule has 0 bridgehead atoms. The lowest BCUT2D eigenvalue weighted by Gasteiger charge is -2.12. The molecule has 0 aliphatic heterocycles. The molecule has 1 heterocycles. The van der Waals surface area contributed by atoms with Crippen LogP contribution in [-0.4, -0.2) is 15.9 Å². The highest BCUT2D eigenvalue weighted by Gasteiger charge is 2.11. The molecule has 172 valence electrons. The normalized spacial score (nSPS) is 10.8. The van der Waals surface area contributed by atoms with Crippen molar-refractivity contribution in [1.29, 1.82) is 0 Å². The zero-order valence-electron chi connectivity index (χ0n) is 19.1. The van der Waals surface area contributed by atoms with Gasteiger partial charge in [-0.05, 0) is 54.4 Å². The van der Waals surface area contributed by atoms with Gasteiger partial charge in [0.1, 0.15) is 0 Å². The molecule has 0 atom stereocenters. The minimum absolute atomic E-state index is 0.181. The van der Waals surface area contributed by atoms with Gasteiger partial charge in [0.2, 0.25) is 5.95 Å². The topological polar surface area (TPSA) is 66.9 Å². The Morgan fingerprint density at radius 1 is 0.857 bits per heavy atom. The molecule has 0 unspecified atom stereocenters. The summed E-state index contributed by atoms with van der Waals surface area (Å²) in [6, 6.07) is 31.1. The highest BCUT2D eigenvalue weighted by molar-refractivity contribution is 6.17. The average Bonchev–Trinajstić information content (AvgIpc) is 2.90. The molecule has 2 N–H and O–H groups in total. The summed E-state index contributed by atoms with van der Waals surface area (Å²) in [6.07, 6.45) is 0. The summed E-state index contributed by atoms with van der Waals surface area (Å²) in [7, 11) is 0. The van der Waals surface area contributed by atoms with Gasteiger partial charge < -0.3 is 10.6 Å². The number of benzene rings is 4. The minimum Gasteiger partial charge on any atom is -0.324 e. The Morgan fingerprint density at radius 2 is 1.60 bits per heavy atom. The SMILES string of the molecule is Cc1ccc(CCl)cc1NC(=O)c1ccc(Nc2nc(-c3ccccc3)c3ccccc3n2)cc1. The standard InChI is InChI=1S/C29H23ClN4O/c1-19-11-12-20(18-30)17-26(19)32-28(35)22-13-15-23(16-14-22)31-29-33-25-10-6-5-9-24(25)27(34-29)21-7-3-2-4-8-21/h2-17H,18H2,1H3,(H,32,35)(H,31,33,34). The molecule has 0 radical (unpaired) electrons. The van der Waals surface area contributed by atoms with Crippen molar-refractivity contribution in [3.05, 3.63) is 114 Å². The number of anilines is 3. The molecule has 5 aromatic rings. The Hall–Kier alpha value is -4.22. The summed E-state index contributed by atoms with van der Waals surface area (Å²) >= 11 is 5.94. The van der Waals surface area contributed by atoms with Gasteiger partial charge in [0.15, 0.2) is 0 Å². The summed E-state index contributed by atoms with van der Waals surface area (Å²) in [5.74, 6) is 0.708. The van der Waals surface area contributed by atoms with E-state index in [0.29, 0.717) is 17.4 Å². The van der Waals surface area contributed by atoms with Crippen LogP contribution in [0.5, 0.6) is 0 Å². The molecule has 1 amide bonds. The number of fused-ring (bicyclic) bond motifs is 1. The zero-order chi connectivity index (χ0) is 24.2. The molecule has 0 aliphatic carbocycles. The number of hydrogen-bond donors (Lipinski definition) is 2. The molecule has 4 aromatic carbocycles. The monoisotopic (exact) mass is 478 g/mol. The Kier molecular flexibility index (Phi) is 6.42. The first-order chi connectivity index (χ1) is 17.1. The first kappa shape index (κ1) is 22.6. The second kappa shape index (κ2) is 9.95. The van der Waals surface area contributed by atoms with Crippen molar-refractivity contribution >= 4 is 45.7 Å². The van der Waals surface area contributed by atoms with Gasteiger partial charge in [0, 0.05) is 33.8 Å². The van der Waals surface area contributed by atoms with Crippen LogP contribution in [-0.2, 0) is 5.88 Å². The van der Waals surface area contributed by atoms with E-state index in [9.17, 15) is 4.79 Å². The maximum Gasteiger partial charge on any atom is 0.255 e. The molecule has 1 aromatic heterocycles. The van der Waals surface area contributed by atoms with E-state index in [0.717, 1.165) is 44.7 Å². The second-order valence-corrected chi connectivity index (χ2v) is 8.49. The number of carbonyl (C=O) groups is 1. The number of nitrogens with zero attached hydrogens (tertiary/aromatic N) is 2. The van der Waals surface area contributed by atoms with E-state index in [1.54, 1.807) is 12.1 Å². The Bertz CT molecular complexity index is 1500. The zero-order valence-corrected chi connectivity index (χ0v) is 19.9. The number of para-hydroxylation sites is 1. The third-order valence-electron chi connectivity index (χ3n) is 5.76. The molecule has 0 fully saturated rings. The first-order valence-electron chi connectivity index (χ1n) is 11.3. The number of alkyl halides is 1. The molecule has 5 nitrogen and oxygen atoms in total. The highest BCUT2D eigenvalue weighted by Crippen LogP contribution is 2.28.